The van der Waals surface area contributed by atoms with Gasteiger partial charge in [0.05, 0.1) is 22.3 Å². The third-order valence-corrected chi connectivity index (χ3v) is 13.1. The van der Waals surface area contributed by atoms with E-state index in [0.29, 0.717) is 11.4 Å². The molecule has 0 unspecified atom stereocenters. The maximum Gasteiger partial charge on any atom is 0.162 e. The summed E-state index contributed by atoms with van der Waals surface area (Å²) in [5.74, 6) is 0.539. The van der Waals surface area contributed by atoms with Gasteiger partial charge in [0.25, 0.3) is 0 Å². The van der Waals surface area contributed by atoms with E-state index in [4.69, 9.17) is 14.4 Å². The zero-order valence-corrected chi connectivity index (χ0v) is 35.6. The van der Waals surface area contributed by atoms with Gasteiger partial charge in [0, 0.05) is 44.3 Å². The number of nitrogens with one attached hydrogen (secondary N) is 1. The van der Waals surface area contributed by atoms with E-state index in [1.165, 1.54) is 26.9 Å². The second-order valence-corrected chi connectivity index (χ2v) is 16.9. The highest BCUT2D eigenvalue weighted by Gasteiger charge is 2.22. The van der Waals surface area contributed by atoms with Crippen molar-refractivity contribution in [2.24, 2.45) is 9.98 Å². The second kappa shape index (κ2) is 15.1. The van der Waals surface area contributed by atoms with Gasteiger partial charge in [-0.2, -0.15) is 0 Å². The number of rotatable bonds is 5. The number of fused-ring (bicyclic) bond motifs is 12. The standard InChI is InChI=1S/C61H38N4O/c62-60(43-27-25-39(26-28-43)38-13-2-1-3-14-38)64-61(51-24-12-20-40-15-6-9-21-46(40)51)63-37-53-54(34-32-50-49-31-29-42-17-8-11-23-48(42)58(49)66-59(50)53)65-55-33-30-41-16-7-10-22-47(41)57(55)52-35-44-18-4-5-19-45(44)36-56(52)65/h1-37,62H. The van der Waals surface area contributed by atoms with Crippen LogP contribution in [0.15, 0.2) is 233 Å². The van der Waals surface area contributed by atoms with Gasteiger partial charge >= 0.3 is 0 Å². The van der Waals surface area contributed by atoms with Gasteiger partial charge in [0.15, 0.2) is 11.7 Å². The molecule has 5 heteroatoms. The van der Waals surface area contributed by atoms with Gasteiger partial charge in [-0.1, -0.05) is 182 Å². The van der Waals surface area contributed by atoms with Crippen LogP contribution in [0.5, 0.6) is 0 Å². The molecule has 13 rings (SSSR count). The lowest BCUT2D eigenvalue weighted by Crippen LogP contribution is -2.06. The molecule has 1 N–H and O–H groups in total. The molecule has 0 atom stereocenters. The molecule has 0 saturated heterocycles. The van der Waals surface area contributed by atoms with Gasteiger partial charge in [-0.3, -0.25) is 5.41 Å². The van der Waals surface area contributed by atoms with Crippen LogP contribution in [0.1, 0.15) is 16.7 Å². The summed E-state index contributed by atoms with van der Waals surface area (Å²) < 4.78 is 9.50. The topological polar surface area (TPSA) is 66.6 Å². The summed E-state index contributed by atoms with van der Waals surface area (Å²) in [7, 11) is 0. The predicted molar refractivity (Wildman–Crippen MR) is 277 cm³/mol. The molecule has 0 aliphatic heterocycles. The smallest absolute Gasteiger partial charge is 0.162 e. The maximum absolute atomic E-state index is 9.44. The van der Waals surface area contributed by atoms with Crippen LogP contribution < -0.4 is 0 Å². The van der Waals surface area contributed by atoms with Crippen LogP contribution in [0.25, 0.3) is 104 Å². The second-order valence-electron chi connectivity index (χ2n) is 16.9. The summed E-state index contributed by atoms with van der Waals surface area (Å²) in [5.41, 5.74) is 9.16. The number of aliphatic imine (C=N–C) groups is 2. The van der Waals surface area contributed by atoms with Gasteiger partial charge in [0.2, 0.25) is 0 Å². The molecule has 11 aromatic carbocycles. The van der Waals surface area contributed by atoms with Crippen LogP contribution in [0.4, 0.5) is 0 Å². The van der Waals surface area contributed by atoms with Crippen molar-refractivity contribution in [2.75, 3.05) is 0 Å². The number of benzene rings is 11. The van der Waals surface area contributed by atoms with Crippen LogP contribution in [0.2, 0.25) is 0 Å². The summed E-state index contributed by atoms with van der Waals surface area (Å²) in [6, 6.07) is 76.2. The lowest BCUT2D eigenvalue weighted by Gasteiger charge is -2.13. The molecule has 2 aromatic heterocycles. The van der Waals surface area contributed by atoms with E-state index in [0.717, 1.165) is 87.8 Å². The van der Waals surface area contributed by atoms with Crippen LogP contribution in [-0.4, -0.2) is 22.5 Å². The largest absolute Gasteiger partial charge is 0.455 e. The van der Waals surface area contributed by atoms with E-state index >= 15 is 0 Å². The molecule has 13 aromatic rings. The van der Waals surface area contributed by atoms with Crippen molar-refractivity contribution in [3.63, 3.8) is 0 Å². The lowest BCUT2D eigenvalue weighted by atomic mass is 10.0. The average Bonchev–Trinajstić information content (AvgIpc) is 3.93. The van der Waals surface area contributed by atoms with Gasteiger partial charge in [-0.15, -0.1) is 0 Å². The zero-order valence-electron chi connectivity index (χ0n) is 35.6. The fourth-order valence-corrected chi connectivity index (χ4v) is 9.96. The molecule has 308 valence electrons. The minimum Gasteiger partial charge on any atom is -0.455 e. The molecule has 0 aliphatic rings. The van der Waals surface area contributed by atoms with Crippen LogP contribution in [-0.2, 0) is 0 Å². The number of aromatic nitrogens is 1. The summed E-state index contributed by atoms with van der Waals surface area (Å²) >= 11 is 0. The normalized spacial score (nSPS) is 12.3. The maximum atomic E-state index is 9.44. The van der Waals surface area contributed by atoms with Crippen molar-refractivity contribution >= 4 is 105 Å². The highest BCUT2D eigenvalue weighted by atomic mass is 16.3. The van der Waals surface area contributed by atoms with E-state index in [9.17, 15) is 5.41 Å². The third-order valence-electron chi connectivity index (χ3n) is 13.1. The summed E-state index contributed by atoms with van der Waals surface area (Å²) in [6.07, 6.45) is 1.91. The van der Waals surface area contributed by atoms with Gasteiger partial charge in [0.1, 0.15) is 11.2 Å². The molecule has 0 amide bonds. The van der Waals surface area contributed by atoms with Crippen LogP contribution in [0, 0.1) is 5.41 Å². The van der Waals surface area contributed by atoms with E-state index in [-0.39, 0.29) is 5.84 Å². The predicted octanol–water partition coefficient (Wildman–Crippen LogP) is 15.9. The minimum absolute atomic E-state index is 0.115. The minimum atomic E-state index is 0.115. The SMILES string of the molecule is N=C(N=C(N=Cc1c(-n2c3cc4ccccc4cc3c3c4ccccc4ccc32)ccc2c1oc1c3ccccc3ccc21)c1cccc2ccccc12)c1ccc(-c2ccccc2)cc1. The molecule has 2 heterocycles. The third kappa shape index (κ3) is 6.05. The fraction of sp³-hybridized carbons (Fsp3) is 0. The molecule has 0 bridgehead atoms. The Bertz CT molecular complexity index is 4170. The molecular weight excluding hydrogens is 805 g/mol. The Hall–Kier alpha value is -8.93. The Balaban J connectivity index is 1.09. The van der Waals surface area contributed by atoms with Crippen molar-refractivity contribution in [1.82, 2.24) is 4.57 Å². The molecule has 0 spiro atoms. The fourth-order valence-electron chi connectivity index (χ4n) is 9.96. The van der Waals surface area contributed by atoms with Crippen LogP contribution in [0.3, 0.4) is 0 Å². The molecule has 5 nitrogen and oxygen atoms in total. The number of hydrogen-bond donors (Lipinski definition) is 1. The van der Waals surface area contributed by atoms with Crippen molar-refractivity contribution in [3.8, 4) is 16.8 Å². The van der Waals surface area contributed by atoms with Crippen molar-refractivity contribution in [2.45, 2.75) is 0 Å². The van der Waals surface area contributed by atoms with Crippen molar-refractivity contribution in [1.29, 1.82) is 5.41 Å². The van der Waals surface area contributed by atoms with Gasteiger partial charge < -0.3 is 8.98 Å². The Morgan fingerprint density at radius 3 is 1.82 bits per heavy atom. The molecule has 0 saturated carbocycles. The number of furan rings is 1. The average molecular weight is 843 g/mol. The van der Waals surface area contributed by atoms with E-state index in [1.54, 1.807) is 0 Å². The molecule has 66 heavy (non-hydrogen) atoms. The highest BCUT2D eigenvalue weighted by molar-refractivity contribution is 6.25. The zero-order chi connectivity index (χ0) is 43.7. The van der Waals surface area contributed by atoms with Crippen molar-refractivity contribution < 1.29 is 4.42 Å². The molecular formula is C61H38N4O. The molecule has 0 radical (unpaired) electrons. The lowest BCUT2D eigenvalue weighted by molar-refractivity contribution is 0.671. The Morgan fingerprint density at radius 2 is 1.03 bits per heavy atom. The van der Waals surface area contributed by atoms with Crippen molar-refractivity contribution in [3.05, 3.63) is 235 Å². The van der Waals surface area contributed by atoms with Gasteiger partial charge in [-0.05, 0) is 85.2 Å². The number of nitrogens with zero attached hydrogens (tertiary/aromatic N) is 3. The first-order valence-electron chi connectivity index (χ1n) is 22.2. The van der Waals surface area contributed by atoms with E-state index in [1.807, 2.05) is 72.9 Å². The monoisotopic (exact) mass is 842 g/mol. The summed E-state index contributed by atoms with van der Waals surface area (Å²) in [4.78, 5) is 10.4. The number of amidine groups is 2. The molecule has 0 aliphatic carbocycles. The van der Waals surface area contributed by atoms with Gasteiger partial charge in [-0.25, -0.2) is 9.98 Å². The Labute approximate surface area is 379 Å². The summed E-state index contributed by atoms with van der Waals surface area (Å²) in [6.45, 7) is 0. The molecule has 0 fully saturated rings. The van der Waals surface area contributed by atoms with E-state index < -0.39 is 0 Å². The van der Waals surface area contributed by atoms with E-state index in [2.05, 4.69) is 156 Å². The first kappa shape index (κ1) is 37.6. The summed E-state index contributed by atoms with van der Waals surface area (Å²) in [5, 5.41) is 22.8. The van der Waals surface area contributed by atoms with Crippen LogP contribution >= 0.6 is 0 Å². The first-order valence-corrected chi connectivity index (χ1v) is 22.2. The first-order chi connectivity index (χ1) is 32.6. The Kier molecular flexibility index (Phi) is 8.61. The highest BCUT2D eigenvalue weighted by Crippen LogP contribution is 2.42. The quantitative estimate of drug-likeness (QED) is 0.136. The Morgan fingerprint density at radius 1 is 0.439 bits per heavy atom. The number of hydrogen-bond acceptors (Lipinski definition) is 2.